The van der Waals surface area contributed by atoms with Gasteiger partial charge in [-0.05, 0) is 72.2 Å². The second kappa shape index (κ2) is 6.64. The standard InChI is InChI=1S/C19H16IN5O/c1-12(2)25-11-21-23-18(25)16-4-3-5-17(22-16)24-9-8-13-6-7-14(20)10-15(13)19(24)26/h3-12H,1-2H3. The van der Waals surface area contributed by atoms with Crippen molar-refractivity contribution in [2.75, 3.05) is 0 Å². The number of halogens is 1. The quantitative estimate of drug-likeness (QED) is 0.439. The van der Waals surface area contributed by atoms with Gasteiger partial charge in [-0.3, -0.25) is 9.36 Å². The average Bonchev–Trinajstić information content (AvgIpc) is 3.13. The molecular formula is C19H16IN5O. The maximum absolute atomic E-state index is 12.9. The van der Waals surface area contributed by atoms with Gasteiger partial charge in [0.2, 0.25) is 0 Å². The second-order valence-electron chi connectivity index (χ2n) is 6.26. The van der Waals surface area contributed by atoms with Gasteiger partial charge in [-0.1, -0.05) is 12.1 Å². The third-order valence-corrected chi connectivity index (χ3v) is 4.88. The summed E-state index contributed by atoms with van der Waals surface area (Å²) in [5.41, 5.74) is 0.597. The second-order valence-corrected chi connectivity index (χ2v) is 7.50. The van der Waals surface area contributed by atoms with Crippen molar-refractivity contribution < 1.29 is 0 Å². The van der Waals surface area contributed by atoms with E-state index in [1.165, 1.54) is 0 Å². The molecule has 0 atom stereocenters. The first kappa shape index (κ1) is 16.9. The zero-order valence-corrected chi connectivity index (χ0v) is 16.5. The van der Waals surface area contributed by atoms with Crippen LogP contribution >= 0.6 is 22.6 Å². The lowest BCUT2D eigenvalue weighted by Gasteiger charge is -2.11. The fourth-order valence-corrected chi connectivity index (χ4v) is 3.37. The Hall–Kier alpha value is -2.55. The van der Waals surface area contributed by atoms with Crippen molar-refractivity contribution >= 4 is 33.4 Å². The molecule has 0 saturated heterocycles. The molecule has 7 heteroatoms. The maximum Gasteiger partial charge on any atom is 0.264 e. The van der Waals surface area contributed by atoms with Gasteiger partial charge in [-0.25, -0.2) is 4.98 Å². The van der Waals surface area contributed by atoms with Crippen molar-refractivity contribution in [1.82, 2.24) is 24.3 Å². The third-order valence-electron chi connectivity index (χ3n) is 4.21. The monoisotopic (exact) mass is 457 g/mol. The van der Waals surface area contributed by atoms with E-state index in [1.807, 2.05) is 47.0 Å². The Bertz CT molecular complexity index is 1160. The molecule has 4 rings (SSSR count). The fourth-order valence-electron chi connectivity index (χ4n) is 2.88. The van der Waals surface area contributed by atoms with E-state index >= 15 is 0 Å². The van der Waals surface area contributed by atoms with Crippen LogP contribution in [0.5, 0.6) is 0 Å². The van der Waals surface area contributed by atoms with Crippen molar-refractivity contribution in [2.24, 2.45) is 0 Å². The Balaban J connectivity index is 1.87. The first-order valence-electron chi connectivity index (χ1n) is 8.23. The number of rotatable bonds is 3. The van der Waals surface area contributed by atoms with Crippen LogP contribution in [0.3, 0.4) is 0 Å². The van der Waals surface area contributed by atoms with E-state index in [0.717, 1.165) is 8.96 Å². The molecule has 26 heavy (non-hydrogen) atoms. The first-order valence-corrected chi connectivity index (χ1v) is 9.31. The summed E-state index contributed by atoms with van der Waals surface area (Å²) in [6.45, 7) is 4.12. The van der Waals surface area contributed by atoms with Gasteiger partial charge in [0.15, 0.2) is 5.82 Å². The fraction of sp³-hybridized carbons (Fsp3) is 0.158. The molecule has 0 radical (unpaired) electrons. The predicted molar refractivity (Wildman–Crippen MR) is 109 cm³/mol. The lowest BCUT2D eigenvalue weighted by atomic mass is 10.2. The molecule has 0 spiro atoms. The van der Waals surface area contributed by atoms with Gasteiger partial charge < -0.3 is 4.57 Å². The molecule has 0 saturated carbocycles. The summed E-state index contributed by atoms with van der Waals surface area (Å²) in [6, 6.07) is 13.6. The largest absolute Gasteiger partial charge is 0.310 e. The average molecular weight is 457 g/mol. The molecule has 6 nitrogen and oxygen atoms in total. The molecule has 4 aromatic rings. The van der Waals surface area contributed by atoms with Gasteiger partial charge in [0, 0.05) is 21.2 Å². The summed E-state index contributed by atoms with van der Waals surface area (Å²) in [6.07, 6.45) is 3.45. The van der Waals surface area contributed by atoms with Crippen LogP contribution < -0.4 is 5.56 Å². The minimum absolute atomic E-state index is 0.0870. The topological polar surface area (TPSA) is 65.6 Å². The Kier molecular flexibility index (Phi) is 4.31. The normalized spacial score (nSPS) is 11.4. The zero-order chi connectivity index (χ0) is 18.3. The number of hydrogen-bond acceptors (Lipinski definition) is 4. The number of benzene rings is 1. The number of nitrogens with zero attached hydrogens (tertiary/aromatic N) is 5. The van der Waals surface area contributed by atoms with Crippen molar-refractivity contribution in [2.45, 2.75) is 19.9 Å². The van der Waals surface area contributed by atoms with E-state index in [1.54, 1.807) is 17.1 Å². The summed E-state index contributed by atoms with van der Waals surface area (Å²) in [4.78, 5) is 17.6. The van der Waals surface area contributed by atoms with E-state index in [2.05, 4.69) is 51.6 Å². The van der Waals surface area contributed by atoms with Crippen molar-refractivity contribution in [1.29, 1.82) is 0 Å². The van der Waals surface area contributed by atoms with Crippen molar-refractivity contribution in [3.8, 4) is 17.3 Å². The van der Waals surface area contributed by atoms with E-state index in [9.17, 15) is 4.79 Å². The van der Waals surface area contributed by atoms with E-state index in [0.29, 0.717) is 22.7 Å². The lowest BCUT2D eigenvalue weighted by Crippen LogP contribution is -2.19. The summed E-state index contributed by atoms with van der Waals surface area (Å²) in [7, 11) is 0. The number of pyridine rings is 2. The number of fused-ring (bicyclic) bond motifs is 1. The molecule has 130 valence electrons. The Morgan fingerprint density at radius 2 is 1.96 bits per heavy atom. The van der Waals surface area contributed by atoms with Crippen LogP contribution in [0.25, 0.3) is 28.1 Å². The lowest BCUT2D eigenvalue weighted by molar-refractivity contribution is 0.603. The Morgan fingerprint density at radius 1 is 1.12 bits per heavy atom. The first-order chi connectivity index (χ1) is 12.5. The molecule has 0 unspecified atom stereocenters. The summed E-state index contributed by atoms with van der Waals surface area (Å²) in [5, 5.41) is 9.78. The molecule has 0 aliphatic rings. The zero-order valence-electron chi connectivity index (χ0n) is 14.3. The molecule has 3 aromatic heterocycles. The highest BCUT2D eigenvalue weighted by atomic mass is 127. The molecular weight excluding hydrogens is 441 g/mol. The van der Waals surface area contributed by atoms with Gasteiger partial charge >= 0.3 is 0 Å². The van der Waals surface area contributed by atoms with E-state index in [-0.39, 0.29) is 11.6 Å². The number of aromatic nitrogens is 5. The number of hydrogen-bond donors (Lipinski definition) is 0. The van der Waals surface area contributed by atoms with Crippen LogP contribution in [0.4, 0.5) is 0 Å². The highest BCUT2D eigenvalue weighted by Crippen LogP contribution is 2.20. The minimum Gasteiger partial charge on any atom is -0.310 e. The molecule has 0 fully saturated rings. The smallest absolute Gasteiger partial charge is 0.264 e. The molecule has 0 aliphatic heterocycles. The molecule has 0 N–H and O–H groups in total. The third kappa shape index (κ3) is 2.92. The van der Waals surface area contributed by atoms with Crippen molar-refractivity contribution in [3.05, 3.63) is 68.9 Å². The highest BCUT2D eigenvalue weighted by molar-refractivity contribution is 14.1. The molecule has 0 bridgehead atoms. The predicted octanol–water partition coefficient (Wildman–Crippen LogP) is 3.83. The molecule has 1 aromatic carbocycles. The summed E-state index contributed by atoms with van der Waals surface area (Å²) < 4.78 is 4.55. The van der Waals surface area contributed by atoms with Crippen LogP contribution in [0, 0.1) is 3.57 Å². The van der Waals surface area contributed by atoms with E-state index in [4.69, 9.17) is 0 Å². The minimum atomic E-state index is -0.0870. The molecule has 0 aliphatic carbocycles. The van der Waals surface area contributed by atoms with Gasteiger partial charge in [0.25, 0.3) is 5.56 Å². The van der Waals surface area contributed by atoms with Crippen LogP contribution in [-0.2, 0) is 0 Å². The van der Waals surface area contributed by atoms with Gasteiger partial charge in [-0.15, -0.1) is 10.2 Å². The highest BCUT2D eigenvalue weighted by Gasteiger charge is 2.13. The Morgan fingerprint density at radius 3 is 2.77 bits per heavy atom. The molecule has 0 amide bonds. The SMILES string of the molecule is CC(C)n1cnnc1-c1cccc(-n2ccc3ccc(I)cc3c2=O)n1. The van der Waals surface area contributed by atoms with E-state index < -0.39 is 0 Å². The van der Waals surface area contributed by atoms with Gasteiger partial charge in [0.05, 0.1) is 0 Å². The van der Waals surface area contributed by atoms with Gasteiger partial charge in [0.1, 0.15) is 17.8 Å². The maximum atomic E-state index is 12.9. The van der Waals surface area contributed by atoms with Crippen LogP contribution in [0.2, 0.25) is 0 Å². The van der Waals surface area contributed by atoms with Crippen LogP contribution in [0.15, 0.2) is 59.8 Å². The Labute approximate surface area is 163 Å². The van der Waals surface area contributed by atoms with Crippen LogP contribution in [-0.4, -0.2) is 24.3 Å². The van der Waals surface area contributed by atoms with Gasteiger partial charge in [-0.2, -0.15) is 0 Å². The summed E-state index contributed by atoms with van der Waals surface area (Å²) >= 11 is 2.21. The van der Waals surface area contributed by atoms with Crippen molar-refractivity contribution in [3.63, 3.8) is 0 Å². The van der Waals surface area contributed by atoms with Crippen LogP contribution in [0.1, 0.15) is 19.9 Å². The summed E-state index contributed by atoms with van der Waals surface area (Å²) in [5.74, 6) is 1.25. The molecule has 3 heterocycles.